The molecule has 3 nitrogen and oxygen atoms in total. The molecule has 0 bridgehead atoms. The van der Waals surface area contributed by atoms with E-state index < -0.39 is 16.0 Å². The fourth-order valence-electron chi connectivity index (χ4n) is 1.00. The summed E-state index contributed by atoms with van der Waals surface area (Å²) < 4.78 is 28.5. The van der Waals surface area contributed by atoms with Gasteiger partial charge in [-0.2, -0.15) is 4.39 Å². The van der Waals surface area contributed by atoms with Crippen LogP contribution in [0, 0.1) is 0 Å². The summed E-state index contributed by atoms with van der Waals surface area (Å²) in [4.78, 5) is 9.75. The van der Waals surface area contributed by atoms with Crippen LogP contribution < -0.4 is 0 Å². The topological polar surface area (TPSA) is 43.4 Å². The van der Waals surface area contributed by atoms with Crippen molar-refractivity contribution >= 4 is 17.3 Å². The van der Waals surface area contributed by atoms with E-state index in [4.69, 9.17) is 0 Å². The van der Waals surface area contributed by atoms with Crippen LogP contribution in [0.3, 0.4) is 0 Å². The van der Waals surface area contributed by atoms with Gasteiger partial charge in [-0.15, -0.1) is 0 Å². The van der Waals surface area contributed by atoms with Crippen molar-refractivity contribution in [2.75, 3.05) is 12.4 Å². The van der Waals surface area contributed by atoms with Gasteiger partial charge in [-0.05, 0) is 12.5 Å². The standard InChI is InChI=1S/C10H17FO3S/c1-2-3-4-5-8-15(13)10(11)6-7-14-9-12/h6,9H,2-5,7-8H2,1H3. The maximum Gasteiger partial charge on any atom is 0.293 e. The lowest BCUT2D eigenvalue weighted by Gasteiger charge is -1.99. The summed E-state index contributed by atoms with van der Waals surface area (Å²) in [7, 11) is -1.57. The van der Waals surface area contributed by atoms with Crippen LogP contribution in [-0.4, -0.2) is 23.0 Å². The largest absolute Gasteiger partial charge is 0.464 e. The van der Waals surface area contributed by atoms with E-state index >= 15 is 0 Å². The molecule has 0 saturated carbocycles. The number of hydrogen-bond acceptors (Lipinski definition) is 3. The third-order valence-electron chi connectivity index (χ3n) is 1.81. The van der Waals surface area contributed by atoms with Crippen LogP contribution in [0.1, 0.15) is 32.6 Å². The molecule has 0 aromatic rings. The van der Waals surface area contributed by atoms with Crippen LogP contribution in [0.2, 0.25) is 0 Å². The smallest absolute Gasteiger partial charge is 0.293 e. The highest BCUT2D eigenvalue weighted by Crippen LogP contribution is 2.08. The second-order valence-corrected chi connectivity index (χ2v) is 4.54. The van der Waals surface area contributed by atoms with Crippen molar-refractivity contribution < 1.29 is 18.1 Å². The van der Waals surface area contributed by atoms with Crippen molar-refractivity contribution in [1.82, 2.24) is 0 Å². The van der Waals surface area contributed by atoms with Crippen LogP contribution in [0.4, 0.5) is 4.39 Å². The third-order valence-corrected chi connectivity index (χ3v) is 3.07. The Hall–Kier alpha value is -0.710. The molecular formula is C10H17FO3S. The molecule has 5 heteroatoms. The number of halogens is 1. The Bertz CT molecular complexity index is 229. The van der Waals surface area contributed by atoms with Gasteiger partial charge in [-0.3, -0.25) is 9.00 Å². The van der Waals surface area contributed by atoms with E-state index in [1.807, 2.05) is 0 Å². The van der Waals surface area contributed by atoms with Crippen LogP contribution in [0.5, 0.6) is 0 Å². The minimum absolute atomic E-state index is 0.157. The molecule has 0 aromatic carbocycles. The summed E-state index contributed by atoms with van der Waals surface area (Å²) in [5.74, 6) is 0.337. The molecule has 15 heavy (non-hydrogen) atoms. The minimum Gasteiger partial charge on any atom is -0.464 e. The molecule has 0 amide bonds. The number of ether oxygens (including phenoxy) is 1. The Morgan fingerprint density at radius 3 is 2.73 bits per heavy atom. The lowest BCUT2D eigenvalue weighted by atomic mass is 10.2. The number of carbonyl (C=O) groups excluding carboxylic acids is 1. The van der Waals surface area contributed by atoms with E-state index in [1.54, 1.807) is 0 Å². The maximum atomic E-state index is 13.0. The first kappa shape index (κ1) is 14.3. The highest BCUT2D eigenvalue weighted by Gasteiger charge is 2.05. The van der Waals surface area contributed by atoms with Crippen molar-refractivity contribution in [2.45, 2.75) is 32.6 Å². The predicted molar refractivity (Wildman–Crippen MR) is 58.4 cm³/mol. The fourth-order valence-corrected chi connectivity index (χ4v) is 1.92. The molecule has 1 unspecified atom stereocenters. The molecular weight excluding hydrogens is 219 g/mol. The van der Waals surface area contributed by atoms with Gasteiger partial charge in [0.2, 0.25) is 0 Å². The molecule has 0 radical (unpaired) electrons. The minimum atomic E-state index is -1.57. The molecule has 0 N–H and O–H groups in total. The number of hydrogen-bond donors (Lipinski definition) is 0. The monoisotopic (exact) mass is 236 g/mol. The Balaban J connectivity index is 3.68. The SMILES string of the molecule is CCCCCCS(=O)C(F)=CCOC=O. The summed E-state index contributed by atoms with van der Waals surface area (Å²) in [6, 6.07) is 0. The van der Waals surface area contributed by atoms with E-state index in [0.29, 0.717) is 5.75 Å². The molecule has 0 saturated heterocycles. The first-order chi connectivity index (χ1) is 7.22. The van der Waals surface area contributed by atoms with Gasteiger partial charge in [-0.25, -0.2) is 0 Å². The summed E-state index contributed by atoms with van der Waals surface area (Å²) in [6.45, 7) is 2.15. The van der Waals surface area contributed by atoms with Crippen molar-refractivity contribution in [1.29, 1.82) is 0 Å². The molecule has 0 fully saturated rings. The predicted octanol–water partition coefficient (Wildman–Crippen LogP) is 2.30. The molecule has 0 spiro atoms. The second-order valence-electron chi connectivity index (χ2n) is 3.05. The van der Waals surface area contributed by atoms with Gasteiger partial charge in [0.15, 0.2) is 5.16 Å². The molecule has 0 aliphatic carbocycles. The van der Waals surface area contributed by atoms with E-state index in [9.17, 15) is 13.4 Å². The van der Waals surface area contributed by atoms with Crippen LogP contribution in [0.15, 0.2) is 11.2 Å². The summed E-state index contributed by atoms with van der Waals surface area (Å²) in [6.07, 6.45) is 4.94. The van der Waals surface area contributed by atoms with Crippen molar-refractivity contribution in [2.24, 2.45) is 0 Å². The van der Waals surface area contributed by atoms with Gasteiger partial charge in [0.25, 0.3) is 6.47 Å². The molecule has 0 heterocycles. The first-order valence-electron chi connectivity index (χ1n) is 5.01. The zero-order valence-electron chi connectivity index (χ0n) is 8.91. The Morgan fingerprint density at radius 2 is 2.13 bits per heavy atom. The van der Waals surface area contributed by atoms with Crippen LogP contribution in [0.25, 0.3) is 0 Å². The molecule has 0 rings (SSSR count). The quantitative estimate of drug-likeness (QED) is 0.456. The van der Waals surface area contributed by atoms with Crippen molar-refractivity contribution in [3.05, 3.63) is 11.2 Å². The van der Waals surface area contributed by atoms with Crippen LogP contribution in [-0.2, 0) is 20.3 Å². The normalized spacial score (nSPS) is 13.6. The van der Waals surface area contributed by atoms with E-state index in [1.165, 1.54) is 0 Å². The number of rotatable bonds is 9. The van der Waals surface area contributed by atoms with Crippen molar-refractivity contribution in [3.63, 3.8) is 0 Å². The molecule has 0 aliphatic rings. The van der Waals surface area contributed by atoms with Crippen molar-refractivity contribution in [3.8, 4) is 0 Å². The van der Waals surface area contributed by atoms with Gasteiger partial charge < -0.3 is 4.74 Å². The molecule has 0 aromatic heterocycles. The zero-order chi connectivity index (χ0) is 11.5. The Kier molecular flexibility index (Phi) is 9.36. The molecule has 1 atom stereocenters. The third kappa shape index (κ3) is 8.30. The van der Waals surface area contributed by atoms with Gasteiger partial charge in [-0.1, -0.05) is 26.2 Å². The average molecular weight is 236 g/mol. The second kappa shape index (κ2) is 9.83. The highest BCUT2D eigenvalue weighted by atomic mass is 32.2. The first-order valence-corrected chi connectivity index (χ1v) is 6.33. The fraction of sp³-hybridized carbons (Fsp3) is 0.700. The Labute approximate surface area is 92.1 Å². The van der Waals surface area contributed by atoms with Gasteiger partial charge >= 0.3 is 0 Å². The summed E-state index contributed by atoms with van der Waals surface area (Å²) in [5, 5.41) is -0.701. The maximum absolute atomic E-state index is 13.0. The lowest BCUT2D eigenvalue weighted by Crippen LogP contribution is -1.99. The highest BCUT2D eigenvalue weighted by molar-refractivity contribution is 7.88. The molecule has 88 valence electrons. The van der Waals surface area contributed by atoms with Gasteiger partial charge in [0, 0.05) is 5.75 Å². The van der Waals surface area contributed by atoms with Gasteiger partial charge in [0.1, 0.15) is 6.61 Å². The van der Waals surface area contributed by atoms with E-state index in [0.717, 1.165) is 31.8 Å². The van der Waals surface area contributed by atoms with Gasteiger partial charge in [0.05, 0.1) is 10.8 Å². The zero-order valence-corrected chi connectivity index (χ0v) is 9.72. The number of carbonyl (C=O) groups is 1. The lowest BCUT2D eigenvalue weighted by molar-refractivity contribution is -0.127. The average Bonchev–Trinajstić information content (AvgIpc) is 2.24. The molecule has 0 aliphatic heterocycles. The summed E-state index contributed by atoms with van der Waals surface area (Å²) >= 11 is 0. The van der Waals surface area contributed by atoms with E-state index in [-0.39, 0.29) is 13.1 Å². The summed E-state index contributed by atoms with van der Waals surface area (Å²) in [5.41, 5.74) is 0. The van der Waals surface area contributed by atoms with E-state index in [2.05, 4.69) is 11.7 Å². The van der Waals surface area contributed by atoms with Crippen LogP contribution >= 0.6 is 0 Å². The number of unbranched alkanes of at least 4 members (excludes halogenated alkanes) is 3. The Morgan fingerprint density at radius 1 is 1.40 bits per heavy atom.